The second kappa shape index (κ2) is 7.95. The van der Waals surface area contributed by atoms with Crippen molar-refractivity contribution in [2.24, 2.45) is 0 Å². The van der Waals surface area contributed by atoms with Crippen LogP contribution in [0.15, 0.2) is 30.3 Å². The molecule has 0 spiro atoms. The molecule has 0 bridgehead atoms. The molecule has 0 aromatic heterocycles. The molecule has 1 atom stereocenters. The minimum atomic E-state index is 0.323. The summed E-state index contributed by atoms with van der Waals surface area (Å²) in [5.74, 6) is 0. The first kappa shape index (κ1) is 16.5. The molecule has 1 N–H and O–H groups in total. The molecule has 1 aliphatic rings. The van der Waals surface area contributed by atoms with Crippen LogP contribution < -0.4 is 5.32 Å². The molecule has 2 heteroatoms. The van der Waals surface area contributed by atoms with Gasteiger partial charge in [-0.25, -0.2) is 0 Å². The van der Waals surface area contributed by atoms with Crippen LogP contribution in [-0.2, 0) is 6.42 Å². The Morgan fingerprint density at radius 3 is 2.33 bits per heavy atom. The zero-order valence-corrected chi connectivity index (χ0v) is 14.1. The Labute approximate surface area is 130 Å². The molecule has 0 aliphatic heterocycles. The Morgan fingerprint density at radius 2 is 1.76 bits per heavy atom. The molecule has 0 amide bonds. The number of hydrogen-bond donors (Lipinski definition) is 1. The van der Waals surface area contributed by atoms with Gasteiger partial charge in [0.1, 0.15) is 0 Å². The van der Waals surface area contributed by atoms with Gasteiger partial charge in [0.05, 0.1) is 0 Å². The van der Waals surface area contributed by atoms with Crippen molar-refractivity contribution >= 4 is 0 Å². The molecule has 2 nitrogen and oxygen atoms in total. The van der Waals surface area contributed by atoms with E-state index < -0.39 is 0 Å². The van der Waals surface area contributed by atoms with Gasteiger partial charge in [0, 0.05) is 11.6 Å². The Morgan fingerprint density at radius 1 is 1.10 bits per heavy atom. The molecule has 1 saturated carbocycles. The van der Waals surface area contributed by atoms with Crippen molar-refractivity contribution in [2.45, 2.75) is 63.5 Å². The lowest BCUT2D eigenvalue weighted by molar-refractivity contribution is 0.0569. The highest BCUT2D eigenvalue weighted by atomic mass is 15.2. The summed E-state index contributed by atoms with van der Waals surface area (Å²) < 4.78 is 0. The Hall–Kier alpha value is -0.860. The first-order valence-electron chi connectivity index (χ1n) is 8.64. The number of nitrogens with zero attached hydrogens (tertiary/aromatic N) is 1. The second-order valence-corrected chi connectivity index (χ2v) is 6.76. The summed E-state index contributed by atoms with van der Waals surface area (Å²) in [4.78, 5) is 2.50. The van der Waals surface area contributed by atoms with E-state index in [4.69, 9.17) is 0 Å². The van der Waals surface area contributed by atoms with Crippen molar-refractivity contribution in [1.29, 1.82) is 0 Å². The van der Waals surface area contributed by atoms with E-state index in [1.165, 1.54) is 44.1 Å². The number of rotatable bonds is 7. The highest BCUT2D eigenvalue weighted by Gasteiger charge is 2.41. The SMILES string of the molecule is CCCNC(Cc1ccccc1)C1(N(C)C)CCCCC1. The third kappa shape index (κ3) is 4.08. The molecular formula is C19H32N2. The molecular weight excluding hydrogens is 256 g/mol. The van der Waals surface area contributed by atoms with Crippen LogP contribution in [0.1, 0.15) is 51.0 Å². The molecule has 0 saturated heterocycles. The summed E-state index contributed by atoms with van der Waals surface area (Å²) in [5, 5.41) is 3.87. The van der Waals surface area contributed by atoms with Gasteiger partial charge in [-0.3, -0.25) is 0 Å². The maximum atomic E-state index is 3.87. The van der Waals surface area contributed by atoms with Crippen LogP contribution in [0, 0.1) is 0 Å². The maximum absolute atomic E-state index is 3.87. The van der Waals surface area contributed by atoms with Crippen LogP contribution >= 0.6 is 0 Å². The van der Waals surface area contributed by atoms with E-state index in [1.807, 2.05) is 0 Å². The fraction of sp³-hybridized carbons (Fsp3) is 0.684. The van der Waals surface area contributed by atoms with Crippen LogP contribution in [0.5, 0.6) is 0 Å². The highest BCUT2D eigenvalue weighted by Crippen LogP contribution is 2.36. The standard InChI is InChI=1S/C19H32N2/c1-4-15-20-18(16-17-11-7-5-8-12-17)19(21(2)3)13-9-6-10-14-19/h5,7-8,11-12,18,20H,4,6,9-10,13-16H2,1-3H3. The van der Waals surface area contributed by atoms with Crippen LogP contribution in [0.25, 0.3) is 0 Å². The molecule has 1 aliphatic carbocycles. The van der Waals surface area contributed by atoms with Crippen molar-refractivity contribution in [3.05, 3.63) is 35.9 Å². The summed E-state index contributed by atoms with van der Waals surface area (Å²) in [6.45, 7) is 3.38. The van der Waals surface area contributed by atoms with Gasteiger partial charge >= 0.3 is 0 Å². The zero-order valence-electron chi connectivity index (χ0n) is 14.1. The summed E-state index contributed by atoms with van der Waals surface area (Å²) in [5.41, 5.74) is 1.78. The van der Waals surface area contributed by atoms with E-state index in [9.17, 15) is 0 Å². The minimum absolute atomic E-state index is 0.323. The maximum Gasteiger partial charge on any atom is 0.0359 e. The summed E-state index contributed by atoms with van der Waals surface area (Å²) in [7, 11) is 4.55. The van der Waals surface area contributed by atoms with Crippen LogP contribution in [-0.4, -0.2) is 37.1 Å². The molecule has 0 radical (unpaired) electrons. The monoisotopic (exact) mass is 288 g/mol. The number of benzene rings is 1. The van der Waals surface area contributed by atoms with E-state index in [0.29, 0.717) is 11.6 Å². The van der Waals surface area contributed by atoms with Crippen molar-refractivity contribution in [2.75, 3.05) is 20.6 Å². The lowest BCUT2D eigenvalue weighted by atomic mass is 9.73. The molecule has 1 fully saturated rings. The second-order valence-electron chi connectivity index (χ2n) is 6.76. The Kier molecular flexibility index (Phi) is 6.25. The Bertz CT molecular complexity index is 393. The summed E-state index contributed by atoms with van der Waals surface area (Å²) >= 11 is 0. The Balaban J connectivity index is 2.19. The molecule has 1 unspecified atom stereocenters. The molecule has 2 rings (SSSR count). The smallest absolute Gasteiger partial charge is 0.0359 e. The zero-order chi connectivity index (χ0) is 15.1. The largest absolute Gasteiger partial charge is 0.312 e. The van der Waals surface area contributed by atoms with Gasteiger partial charge in [-0.05, 0) is 51.9 Å². The summed E-state index contributed by atoms with van der Waals surface area (Å²) in [6.07, 6.45) is 9.15. The van der Waals surface area contributed by atoms with Gasteiger partial charge in [0.15, 0.2) is 0 Å². The molecule has 118 valence electrons. The van der Waals surface area contributed by atoms with Crippen molar-refractivity contribution < 1.29 is 0 Å². The first-order chi connectivity index (χ1) is 10.2. The van der Waals surface area contributed by atoms with Gasteiger partial charge < -0.3 is 10.2 Å². The van der Waals surface area contributed by atoms with Crippen molar-refractivity contribution in [1.82, 2.24) is 10.2 Å². The van der Waals surface area contributed by atoms with Gasteiger partial charge in [-0.15, -0.1) is 0 Å². The number of hydrogen-bond acceptors (Lipinski definition) is 2. The fourth-order valence-electron chi connectivity index (χ4n) is 3.89. The van der Waals surface area contributed by atoms with Gasteiger partial charge in [0.2, 0.25) is 0 Å². The normalized spacial score (nSPS) is 19.6. The number of likely N-dealkylation sites (N-methyl/N-ethyl adjacent to an activating group) is 1. The van der Waals surface area contributed by atoms with E-state index in [2.05, 4.69) is 61.6 Å². The fourth-order valence-corrected chi connectivity index (χ4v) is 3.89. The predicted molar refractivity (Wildman–Crippen MR) is 91.7 cm³/mol. The predicted octanol–water partition coefficient (Wildman–Crippen LogP) is 3.86. The quantitative estimate of drug-likeness (QED) is 0.819. The lowest BCUT2D eigenvalue weighted by Gasteiger charge is -2.49. The van der Waals surface area contributed by atoms with E-state index >= 15 is 0 Å². The summed E-state index contributed by atoms with van der Waals surface area (Å²) in [6, 6.07) is 11.5. The van der Waals surface area contributed by atoms with Gasteiger partial charge in [0.25, 0.3) is 0 Å². The van der Waals surface area contributed by atoms with Crippen LogP contribution in [0.3, 0.4) is 0 Å². The average molecular weight is 288 g/mol. The van der Waals surface area contributed by atoms with E-state index in [0.717, 1.165) is 13.0 Å². The van der Waals surface area contributed by atoms with E-state index in [1.54, 1.807) is 0 Å². The van der Waals surface area contributed by atoms with Crippen molar-refractivity contribution in [3.8, 4) is 0 Å². The molecule has 21 heavy (non-hydrogen) atoms. The first-order valence-corrected chi connectivity index (χ1v) is 8.64. The van der Waals surface area contributed by atoms with Gasteiger partial charge in [-0.1, -0.05) is 56.5 Å². The topological polar surface area (TPSA) is 15.3 Å². The average Bonchev–Trinajstić information content (AvgIpc) is 2.53. The van der Waals surface area contributed by atoms with Gasteiger partial charge in [-0.2, -0.15) is 0 Å². The van der Waals surface area contributed by atoms with Crippen molar-refractivity contribution in [3.63, 3.8) is 0 Å². The third-order valence-electron chi connectivity index (χ3n) is 5.18. The van der Waals surface area contributed by atoms with Crippen LogP contribution in [0.4, 0.5) is 0 Å². The lowest BCUT2D eigenvalue weighted by Crippen LogP contribution is -2.61. The van der Waals surface area contributed by atoms with Crippen LogP contribution in [0.2, 0.25) is 0 Å². The highest BCUT2D eigenvalue weighted by molar-refractivity contribution is 5.18. The molecule has 1 aromatic carbocycles. The third-order valence-corrected chi connectivity index (χ3v) is 5.18. The molecule has 1 aromatic rings. The minimum Gasteiger partial charge on any atom is -0.312 e. The molecule has 0 heterocycles. The van der Waals surface area contributed by atoms with E-state index in [-0.39, 0.29) is 0 Å². The number of nitrogens with one attached hydrogen (secondary N) is 1.